The van der Waals surface area contributed by atoms with E-state index in [0.29, 0.717) is 11.1 Å². The van der Waals surface area contributed by atoms with E-state index >= 15 is 0 Å². The van der Waals surface area contributed by atoms with Gasteiger partial charge in [-0.15, -0.1) is 0 Å². The van der Waals surface area contributed by atoms with Crippen LogP contribution in [-0.4, -0.2) is 18.6 Å². The molecule has 100 valence electrons. The van der Waals surface area contributed by atoms with Crippen LogP contribution in [0.4, 0.5) is 0 Å². The molecule has 0 amide bonds. The normalized spacial score (nSPS) is 11.5. The first-order valence-corrected chi connectivity index (χ1v) is 7.15. The number of benzene rings is 2. The van der Waals surface area contributed by atoms with Crippen molar-refractivity contribution in [1.82, 2.24) is 0 Å². The maximum absolute atomic E-state index is 12.5. The summed E-state index contributed by atoms with van der Waals surface area (Å²) in [5.41, 5.74) is 0.998. The lowest BCUT2D eigenvalue weighted by atomic mass is 10.2. The van der Waals surface area contributed by atoms with Gasteiger partial charge in [0.15, 0.2) is 0 Å². The molecule has 2 N–H and O–H groups in total. The molecule has 0 fully saturated rings. The molecule has 0 spiro atoms. The third-order valence-electron chi connectivity index (χ3n) is 2.95. The van der Waals surface area contributed by atoms with Gasteiger partial charge in [-0.3, -0.25) is 0 Å². The van der Waals surface area contributed by atoms with E-state index in [1.165, 1.54) is 12.1 Å². The molecule has 0 unspecified atom stereocenters. The Balaban J connectivity index is 2.71. The van der Waals surface area contributed by atoms with Crippen LogP contribution < -0.4 is 0 Å². The van der Waals surface area contributed by atoms with Crippen LogP contribution in [0.3, 0.4) is 0 Å². The monoisotopic (exact) mass is 278 g/mol. The van der Waals surface area contributed by atoms with E-state index in [-0.39, 0.29) is 15.5 Å². The highest BCUT2D eigenvalue weighted by atomic mass is 32.2. The highest BCUT2D eigenvalue weighted by Crippen LogP contribution is 2.34. The van der Waals surface area contributed by atoms with Crippen LogP contribution in [0.1, 0.15) is 11.1 Å². The summed E-state index contributed by atoms with van der Waals surface area (Å²) in [6.45, 7) is 3.27. The molecular formula is C14H14O4S. The van der Waals surface area contributed by atoms with E-state index in [0.717, 1.165) is 6.07 Å². The maximum atomic E-state index is 12.5. The second-order valence-corrected chi connectivity index (χ2v) is 6.26. The summed E-state index contributed by atoms with van der Waals surface area (Å²) in [4.78, 5) is -0.0486. The fourth-order valence-electron chi connectivity index (χ4n) is 1.85. The summed E-state index contributed by atoms with van der Waals surface area (Å²) in [5, 5.41) is 19.2. The van der Waals surface area contributed by atoms with Crippen LogP contribution in [0.25, 0.3) is 0 Å². The number of phenolic OH excluding ortho intramolecular Hbond substituents is 2. The maximum Gasteiger partial charge on any atom is 0.210 e. The van der Waals surface area contributed by atoms with E-state index in [1.54, 1.807) is 32.0 Å². The van der Waals surface area contributed by atoms with E-state index < -0.39 is 15.6 Å². The van der Waals surface area contributed by atoms with Gasteiger partial charge in [-0.1, -0.05) is 18.2 Å². The zero-order valence-electron chi connectivity index (χ0n) is 10.6. The largest absolute Gasteiger partial charge is 0.508 e. The average molecular weight is 278 g/mol. The number of aryl methyl sites for hydroxylation is 2. The van der Waals surface area contributed by atoms with Crippen LogP contribution in [0, 0.1) is 13.8 Å². The van der Waals surface area contributed by atoms with Crippen LogP contribution in [0.15, 0.2) is 46.2 Å². The molecule has 0 aliphatic carbocycles. The number of hydrogen-bond acceptors (Lipinski definition) is 4. The first-order chi connectivity index (χ1) is 8.84. The SMILES string of the molecule is Cc1cc(S(=O)(=O)c2ccccc2C)c(O)cc1O. The summed E-state index contributed by atoms with van der Waals surface area (Å²) in [5.74, 6) is -0.590. The van der Waals surface area contributed by atoms with Gasteiger partial charge in [0.2, 0.25) is 9.84 Å². The summed E-state index contributed by atoms with van der Waals surface area (Å²) >= 11 is 0. The number of phenols is 2. The lowest BCUT2D eigenvalue weighted by molar-refractivity contribution is 0.437. The van der Waals surface area contributed by atoms with Gasteiger partial charge in [0, 0.05) is 6.07 Å². The minimum Gasteiger partial charge on any atom is -0.508 e. The molecule has 0 bridgehead atoms. The summed E-state index contributed by atoms with van der Waals surface area (Å²) in [6, 6.07) is 8.87. The van der Waals surface area contributed by atoms with Gasteiger partial charge >= 0.3 is 0 Å². The van der Waals surface area contributed by atoms with Gasteiger partial charge in [0.1, 0.15) is 16.4 Å². The van der Waals surface area contributed by atoms with Crippen molar-refractivity contribution in [2.24, 2.45) is 0 Å². The van der Waals surface area contributed by atoms with Gasteiger partial charge in [-0.05, 0) is 37.1 Å². The van der Waals surface area contributed by atoms with E-state index in [4.69, 9.17) is 0 Å². The smallest absolute Gasteiger partial charge is 0.210 e. The molecule has 0 heterocycles. The first-order valence-electron chi connectivity index (χ1n) is 5.67. The molecule has 0 saturated carbocycles. The Morgan fingerprint density at radius 3 is 2.11 bits per heavy atom. The first kappa shape index (κ1) is 13.4. The van der Waals surface area contributed by atoms with Crippen molar-refractivity contribution in [1.29, 1.82) is 0 Å². The Kier molecular flexibility index (Phi) is 3.24. The quantitative estimate of drug-likeness (QED) is 0.885. The predicted octanol–water partition coefficient (Wildman–Crippen LogP) is 2.55. The van der Waals surface area contributed by atoms with Crippen molar-refractivity contribution in [3.05, 3.63) is 47.5 Å². The fourth-order valence-corrected chi connectivity index (χ4v) is 3.50. The van der Waals surface area contributed by atoms with Gasteiger partial charge in [0.05, 0.1) is 4.90 Å². The second kappa shape index (κ2) is 4.59. The van der Waals surface area contributed by atoms with Gasteiger partial charge in [-0.25, -0.2) is 8.42 Å². The Labute approximate surface area is 111 Å². The molecule has 0 radical (unpaired) electrons. The minimum atomic E-state index is -3.80. The molecule has 0 saturated heterocycles. The molecule has 5 heteroatoms. The Morgan fingerprint density at radius 2 is 1.47 bits per heavy atom. The van der Waals surface area contributed by atoms with E-state index in [9.17, 15) is 18.6 Å². The average Bonchev–Trinajstić information content (AvgIpc) is 2.34. The van der Waals surface area contributed by atoms with Crippen molar-refractivity contribution < 1.29 is 18.6 Å². The second-order valence-electron chi connectivity index (χ2n) is 4.38. The number of sulfone groups is 1. The molecule has 0 atom stereocenters. The number of aromatic hydroxyl groups is 2. The van der Waals surface area contributed by atoms with Crippen LogP contribution in [0.2, 0.25) is 0 Å². The van der Waals surface area contributed by atoms with Crippen molar-refractivity contribution in [2.75, 3.05) is 0 Å². The summed E-state index contributed by atoms with van der Waals surface area (Å²) in [7, 11) is -3.80. The van der Waals surface area contributed by atoms with Gasteiger partial charge in [-0.2, -0.15) is 0 Å². The van der Waals surface area contributed by atoms with Crippen molar-refractivity contribution in [3.63, 3.8) is 0 Å². The molecule has 19 heavy (non-hydrogen) atoms. The van der Waals surface area contributed by atoms with Crippen LogP contribution in [0.5, 0.6) is 11.5 Å². The van der Waals surface area contributed by atoms with Crippen molar-refractivity contribution in [3.8, 4) is 11.5 Å². The molecular weight excluding hydrogens is 264 g/mol. The Bertz CT molecular complexity index is 733. The third kappa shape index (κ3) is 2.29. The third-order valence-corrected chi connectivity index (χ3v) is 4.89. The predicted molar refractivity (Wildman–Crippen MR) is 71.1 cm³/mol. The molecule has 0 aliphatic rings. The number of rotatable bonds is 2. The fraction of sp³-hybridized carbons (Fsp3) is 0.143. The number of hydrogen-bond donors (Lipinski definition) is 2. The standard InChI is InChI=1S/C14H14O4S/c1-9-5-3-4-6-13(9)19(17,18)14-7-10(2)11(15)8-12(14)16/h3-8,15-16H,1-2H3. The molecule has 2 rings (SSSR count). The van der Waals surface area contributed by atoms with E-state index in [1.807, 2.05) is 0 Å². The lowest BCUT2D eigenvalue weighted by Gasteiger charge is -2.10. The minimum absolute atomic E-state index is 0.138. The molecule has 2 aromatic rings. The topological polar surface area (TPSA) is 74.6 Å². The van der Waals surface area contributed by atoms with Crippen molar-refractivity contribution in [2.45, 2.75) is 23.6 Å². The van der Waals surface area contributed by atoms with Crippen LogP contribution >= 0.6 is 0 Å². The van der Waals surface area contributed by atoms with Crippen molar-refractivity contribution >= 4 is 9.84 Å². The molecule has 0 aliphatic heterocycles. The zero-order valence-corrected chi connectivity index (χ0v) is 11.4. The zero-order chi connectivity index (χ0) is 14.2. The highest BCUT2D eigenvalue weighted by Gasteiger charge is 2.24. The molecule has 0 aromatic heterocycles. The molecule has 2 aromatic carbocycles. The Morgan fingerprint density at radius 1 is 0.842 bits per heavy atom. The highest BCUT2D eigenvalue weighted by molar-refractivity contribution is 7.91. The lowest BCUT2D eigenvalue weighted by Crippen LogP contribution is -2.04. The summed E-state index contributed by atoms with van der Waals surface area (Å²) in [6.07, 6.45) is 0. The van der Waals surface area contributed by atoms with Gasteiger partial charge in [0.25, 0.3) is 0 Å². The molecule has 4 nitrogen and oxygen atoms in total. The van der Waals surface area contributed by atoms with Crippen LogP contribution in [-0.2, 0) is 9.84 Å². The summed E-state index contributed by atoms with van der Waals surface area (Å²) < 4.78 is 25.0. The Hall–Kier alpha value is -2.01. The van der Waals surface area contributed by atoms with E-state index in [2.05, 4.69) is 0 Å². The van der Waals surface area contributed by atoms with Gasteiger partial charge < -0.3 is 10.2 Å².